The number of fused-ring (bicyclic) bond motifs is 1. The molecule has 0 aliphatic heterocycles. The highest BCUT2D eigenvalue weighted by Crippen LogP contribution is 2.32. The highest BCUT2D eigenvalue weighted by Gasteiger charge is 2.33. The molecule has 1 nitrogen and oxygen atoms in total. The van der Waals surface area contributed by atoms with Gasteiger partial charge in [0.15, 0.2) is 0 Å². The summed E-state index contributed by atoms with van der Waals surface area (Å²) in [6, 6.07) is 7.43. The van der Waals surface area contributed by atoms with E-state index < -0.39 is 16.4 Å². The van der Waals surface area contributed by atoms with E-state index in [-0.39, 0.29) is 0 Å². The van der Waals surface area contributed by atoms with Gasteiger partial charge in [0.25, 0.3) is 0 Å². The second-order valence-electron chi connectivity index (χ2n) is 2.98. The molecular weight excluding hydrogens is 225 g/mol. The summed E-state index contributed by atoms with van der Waals surface area (Å²) in [6.45, 7) is 0. The Bertz CT molecular complexity index is 556. The van der Waals surface area contributed by atoms with Gasteiger partial charge in [-0.15, -0.1) is 0 Å². The second kappa shape index (κ2) is 3.34. The first-order valence-electron chi connectivity index (χ1n) is 4.08. The number of para-hydroxylation sites is 1. The molecule has 0 aliphatic carbocycles. The number of alkyl halides is 3. The zero-order chi connectivity index (χ0) is 11.1. The standard InChI is InChI=1S/C10H5F3OS/c11-10(12,13)7-5-6-3-1-2-4-8(6)14-9(7)15/h1-5H. The van der Waals surface area contributed by atoms with Crippen LogP contribution in [-0.2, 0) is 6.18 Å². The molecular formula is C10H5F3OS. The fraction of sp³-hybridized carbons (Fsp3) is 0.100. The molecule has 1 heterocycles. The Kier molecular flexibility index (Phi) is 2.26. The van der Waals surface area contributed by atoms with Gasteiger partial charge in [-0.3, -0.25) is 0 Å². The summed E-state index contributed by atoms with van der Waals surface area (Å²) >= 11 is 4.54. The summed E-state index contributed by atoms with van der Waals surface area (Å²) in [7, 11) is 0. The van der Waals surface area contributed by atoms with Crippen molar-refractivity contribution in [3.8, 4) is 0 Å². The lowest BCUT2D eigenvalue weighted by molar-refractivity contribution is -0.139. The van der Waals surface area contributed by atoms with E-state index >= 15 is 0 Å². The Labute approximate surface area is 88.1 Å². The quantitative estimate of drug-likeness (QED) is 0.630. The van der Waals surface area contributed by atoms with Crippen molar-refractivity contribution in [1.82, 2.24) is 0 Å². The van der Waals surface area contributed by atoms with Crippen LogP contribution in [0.4, 0.5) is 13.2 Å². The van der Waals surface area contributed by atoms with Crippen LogP contribution in [0.2, 0.25) is 0 Å². The third kappa shape index (κ3) is 1.87. The summed E-state index contributed by atoms with van der Waals surface area (Å²) in [6.07, 6.45) is -4.47. The normalized spacial score (nSPS) is 11.9. The van der Waals surface area contributed by atoms with Crippen LogP contribution in [-0.4, -0.2) is 0 Å². The number of hydrogen-bond acceptors (Lipinski definition) is 2. The van der Waals surface area contributed by atoms with Gasteiger partial charge in [0.2, 0.25) is 4.71 Å². The smallest absolute Gasteiger partial charge is 0.420 e. The first-order valence-corrected chi connectivity index (χ1v) is 4.49. The number of benzene rings is 1. The lowest BCUT2D eigenvalue weighted by Gasteiger charge is -2.06. The summed E-state index contributed by atoms with van der Waals surface area (Å²) in [4.78, 5) is 0. The SMILES string of the molecule is FC(F)(F)c1cc2ccccc2oc1=S. The number of rotatable bonds is 0. The van der Waals surface area contributed by atoms with E-state index in [1.54, 1.807) is 24.3 Å². The lowest BCUT2D eigenvalue weighted by Crippen LogP contribution is -2.05. The molecule has 2 rings (SSSR count). The van der Waals surface area contributed by atoms with Crippen molar-refractivity contribution in [2.45, 2.75) is 6.18 Å². The third-order valence-corrected chi connectivity index (χ3v) is 2.25. The van der Waals surface area contributed by atoms with Gasteiger partial charge in [0, 0.05) is 5.39 Å². The maximum atomic E-state index is 12.4. The Balaban J connectivity index is 2.79. The maximum Gasteiger partial charge on any atom is 0.420 e. The molecule has 2 aromatic rings. The van der Waals surface area contributed by atoms with Gasteiger partial charge in [0.1, 0.15) is 11.1 Å². The molecule has 0 amide bonds. The van der Waals surface area contributed by atoms with Crippen LogP contribution in [0.1, 0.15) is 5.56 Å². The minimum absolute atomic E-state index is 0.357. The molecule has 0 aliphatic rings. The van der Waals surface area contributed by atoms with E-state index in [4.69, 9.17) is 4.42 Å². The Morgan fingerprint density at radius 3 is 2.47 bits per heavy atom. The zero-order valence-electron chi connectivity index (χ0n) is 7.34. The van der Waals surface area contributed by atoms with Gasteiger partial charge in [-0.2, -0.15) is 13.2 Å². The lowest BCUT2D eigenvalue weighted by atomic mass is 10.2. The average Bonchev–Trinajstić information content (AvgIpc) is 2.15. The monoisotopic (exact) mass is 230 g/mol. The van der Waals surface area contributed by atoms with Gasteiger partial charge in [-0.05, 0) is 24.4 Å². The van der Waals surface area contributed by atoms with Gasteiger partial charge in [-0.25, -0.2) is 0 Å². The van der Waals surface area contributed by atoms with Crippen molar-refractivity contribution in [3.05, 3.63) is 40.6 Å². The van der Waals surface area contributed by atoms with E-state index in [0.717, 1.165) is 6.07 Å². The fourth-order valence-corrected chi connectivity index (χ4v) is 1.52. The number of halogens is 3. The molecule has 0 saturated carbocycles. The van der Waals surface area contributed by atoms with E-state index in [9.17, 15) is 13.2 Å². The van der Waals surface area contributed by atoms with Crippen LogP contribution >= 0.6 is 12.2 Å². The Morgan fingerprint density at radius 2 is 1.80 bits per heavy atom. The first-order chi connectivity index (χ1) is 6.98. The van der Waals surface area contributed by atoms with E-state index in [2.05, 4.69) is 12.2 Å². The van der Waals surface area contributed by atoms with E-state index in [1.807, 2.05) is 0 Å². The fourth-order valence-electron chi connectivity index (χ4n) is 1.26. The molecule has 1 aromatic heterocycles. The highest BCUT2D eigenvalue weighted by atomic mass is 32.1. The van der Waals surface area contributed by atoms with Gasteiger partial charge >= 0.3 is 6.18 Å². The number of hydrogen-bond donors (Lipinski definition) is 0. The van der Waals surface area contributed by atoms with E-state index in [1.165, 1.54) is 0 Å². The molecule has 78 valence electrons. The van der Waals surface area contributed by atoms with Crippen LogP contribution in [0.25, 0.3) is 11.0 Å². The molecule has 0 N–H and O–H groups in total. The zero-order valence-corrected chi connectivity index (χ0v) is 8.15. The predicted octanol–water partition coefficient (Wildman–Crippen LogP) is 4.18. The van der Waals surface area contributed by atoms with Gasteiger partial charge < -0.3 is 4.42 Å². The largest absolute Gasteiger partial charge is 0.445 e. The van der Waals surface area contributed by atoms with Gasteiger partial charge in [-0.1, -0.05) is 18.2 Å². The summed E-state index contributed by atoms with van der Waals surface area (Å²) in [5.74, 6) is 0. The molecule has 0 saturated heterocycles. The molecule has 0 atom stereocenters. The minimum atomic E-state index is -4.47. The first kappa shape index (κ1) is 10.2. The van der Waals surface area contributed by atoms with Crippen LogP contribution in [0, 0.1) is 4.71 Å². The van der Waals surface area contributed by atoms with Crippen molar-refractivity contribution < 1.29 is 17.6 Å². The summed E-state index contributed by atoms with van der Waals surface area (Å²) in [5, 5.41) is 0.387. The second-order valence-corrected chi connectivity index (χ2v) is 3.35. The van der Waals surface area contributed by atoms with Crippen LogP contribution in [0.3, 0.4) is 0 Å². The third-order valence-electron chi connectivity index (χ3n) is 1.95. The predicted molar refractivity (Wildman–Crippen MR) is 52.1 cm³/mol. The van der Waals surface area contributed by atoms with Crippen molar-refractivity contribution in [2.75, 3.05) is 0 Å². The highest BCUT2D eigenvalue weighted by molar-refractivity contribution is 7.71. The molecule has 0 bridgehead atoms. The summed E-state index contributed by atoms with van der Waals surface area (Å²) in [5.41, 5.74) is -0.549. The van der Waals surface area contributed by atoms with Crippen molar-refractivity contribution in [1.29, 1.82) is 0 Å². The van der Waals surface area contributed by atoms with Gasteiger partial charge in [0.05, 0.1) is 0 Å². The van der Waals surface area contributed by atoms with Crippen LogP contribution < -0.4 is 0 Å². The average molecular weight is 230 g/mol. The molecule has 0 unspecified atom stereocenters. The Morgan fingerprint density at radius 1 is 1.13 bits per heavy atom. The van der Waals surface area contributed by atoms with Crippen LogP contribution in [0.5, 0.6) is 0 Å². The van der Waals surface area contributed by atoms with Crippen molar-refractivity contribution in [3.63, 3.8) is 0 Å². The topological polar surface area (TPSA) is 13.1 Å². The molecule has 15 heavy (non-hydrogen) atoms. The van der Waals surface area contributed by atoms with Crippen molar-refractivity contribution in [2.24, 2.45) is 0 Å². The summed E-state index contributed by atoms with van der Waals surface area (Å²) < 4.78 is 41.7. The van der Waals surface area contributed by atoms with Crippen LogP contribution in [0.15, 0.2) is 34.7 Å². The van der Waals surface area contributed by atoms with E-state index in [0.29, 0.717) is 11.0 Å². The maximum absolute atomic E-state index is 12.4. The van der Waals surface area contributed by atoms with Crippen molar-refractivity contribution >= 4 is 23.2 Å². The molecule has 5 heteroatoms. The molecule has 0 fully saturated rings. The molecule has 0 radical (unpaired) electrons. The minimum Gasteiger partial charge on any atom is -0.445 e. The Hall–Kier alpha value is -1.36. The molecule has 1 aromatic carbocycles. The molecule has 0 spiro atoms.